The van der Waals surface area contributed by atoms with E-state index < -0.39 is 23.8 Å². The molecule has 0 aliphatic carbocycles. The molecule has 0 radical (unpaired) electrons. The van der Waals surface area contributed by atoms with Gasteiger partial charge >= 0.3 is 5.97 Å². The molecule has 9 heteroatoms. The minimum absolute atomic E-state index is 0.0344. The third kappa shape index (κ3) is 5.47. The lowest BCUT2D eigenvalue weighted by molar-refractivity contribution is -0.142. The number of hydrogen-bond acceptors (Lipinski definition) is 5. The van der Waals surface area contributed by atoms with Crippen LogP contribution < -0.4 is 11.1 Å². The number of primary amides is 1. The van der Waals surface area contributed by atoms with Gasteiger partial charge < -0.3 is 21.1 Å². The van der Waals surface area contributed by atoms with Crippen LogP contribution >= 0.6 is 11.8 Å². The standard InChI is InChI=1S/C11H17N3O5S/c12-8(15)2-1-7(10(17)18)13-9(16)3-4-14-5-6-20-11(14)19/h7H,1-6H2,(H2,12,15)(H,13,16)(H,17,18)/t7-/m1/s1. The maximum atomic E-state index is 11.6. The highest BCUT2D eigenvalue weighted by Gasteiger charge is 2.23. The van der Waals surface area contributed by atoms with Crippen molar-refractivity contribution in [1.82, 2.24) is 10.2 Å². The predicted molar refractivity (Wildman–Crippen MR) is 72.0 cm³/mol. The van der Waals surface area contributed by atoms with E-state index in [1.165, 1.54) is 11.8 Å². The molecule has 1 atom stereocenters. The zero-order valence-corrected chi connectivity index (χ0v) is 11.6. The van der Waals surface area contributed by atoms with Gasteiger partial charge in [-0.2, -0.15) is 0 Å². The first-order chi connectivity index (χ1) is 9.40. The molecular weight excluding hydrogens is 286 g/mol. The van der Waals surface area contributed by atoms with Gasteiger partial charge in [-0.15, -0.1) is 0 Å². The highest BCUT2D eigenvalue weighted by atomic mass is 32.2. The molecule has 1 rings (SSSR count). The molecule has 1 saturated heterocycles. The van der Waals surface area contributed by atoms with E-state index in [4.69, 9.17) is 10.8 Å². The molecular formula is C11H17N3O5S. The van der Waals surface area contributed by atoms with E-state index in [-0.39, 0.29) is 31.0 Å². The van der Waals surface area contributed by atoms with E-state index in [2.05, 4.69) is 5.32 Å². The number of nitrogens with two attached hydrogens (primary N) is 1. The Morgan fingerprint density at radius 2 is 2.10 bits per heavy atom. The Morgan fingerprint density at radius 3 is 2.60 bits per heavy atom. The van der Waals surface area contributed by atoms with Gasteiger partial charge in [0.05, 0.1) is 0 Å². The number of carbonyl (C=O) groups is 4. The molecule has 1 aliphatic heterocycles. The van der Waals surface area contributed by atoms with Crippen molar-refractivity contribution in [3.8, 4) is 0 Å². The normalized spacial score (nSPS) is 16.0. The number of nitrogens with zero attached hydrogens (tertiary/aromatic N) is 1. The Hall–Kier alpha value is -1.77. The fraction of sp³-hybridized carbons (Fsp3) is 0.636. The molecule has 0 saturated carbocycles. The maximum Gasteiger partial charge on any atom is 0.326 e. The molecule has 0 spiro atoms. The molecule has 0 unspecified atom stereocenters. The fourth-order valence-corrected chi connectivity index (χ4v) is 2.53. The van der Waals surface area contributed by atoms with E-state index in [0.29, 0.717) is 12.3 Å². The Kier molecular flexibility index (Phi) is 6.29. The Balaban J connectivity index is 2.35. The van der Waals surface area contributed by atoms with Crippen LogP contribution in [0.15, 0.2) is 0 Å². The van der Waals surface area contributed by atoms with Gasteiger partial charge in [0.25, 0.3) is 5.24 Å². The number of rotatable bonds is 8. The highest BCUT2D eigenvalue weighted by Crippen LogP contribution is 2.16. The maximum absolute atomic E-state index is 11.6. The summed E-state index contributed by atoms with van der Waals surface area (Å²) in [7, 11) is 0. The molecule has 4 N–H and O–H groups in total. The van der Waals surface area contributed by atoms with Crippen LogP contribution in [0.3, 0.4) is 0 Å². The molecule has 112 valence electrons. The van der Waals surface area contributed by atoms with Crippen molar-refractivity contribution >= 4 is 34.8 Å². The number of carboxylic acid groups (broad SMARTS) is 1. The molecule has 0 aromatic rings. The summed E-state index contributed by atoms with van der Waals surface area (Å²) >= 11 is 1.20. The zero-order chi connectivity index (χ0) is 15.1. The molecule has 0 aromatic heterocycles. The molecule has 0 bridgehead atoms. The molecule has 0 aromatic carbocycles. The number of thioether (sulfide) groups is 1. The van der Waals surface area contributed by atoms with E-state index in [0.717, 1.165) is 0 Å². The van der Waals surface area contributed by atoms with Crippen LogP contribution in [0.2, 0.25) is 0 Å². The minimum Gasteiger partial charge on any atom is -0.480 e. The van der Waals surface area contributed by atoms with Crippen LogP contribution in [0, 0.1) is 0 Å². The van der Waals surface area contributed by atoms with E-state index in [1.54, 1.807) is 4.90 Å². The van der Waals surface area contributed by atoms with Crippen LogP contribution in [0.4, 0.5) is 4.79 Å². The number of aliphatic carboxylic acids is 1. The minimum atomic E-state index is -1.22. The molecule has 3 amide bonds. The Bertz CT molecular complexity index is 415. The summed E-state index contributed by atoms with van der Waals surface area (Å²) < 4.78 is 0. The zero-order valence-electron chi connectivity index (χ0n) is 10.8. The van der Waals surface area contributed by atoms with Gasteiger partial charge in [-0.25, -0.2) is 4.79 Å². The Morgan fingerprint density at radius 1 is 1.40 bits per heavy atom. The average Bonchev–Trinajstić information content (AvgIpc) is 2.77. The lowest BCUT2D eigenvalue weighted by Crippen LogP contribution is -2.42. The van der Waals surface area contributed by atoms with Crippen molar-refractivity contribution in [2.45, 2.75) is 25.3 Å². The monoisotopic (exact) mass is 303 g/mol. The first-order valence-corrected chi connectivity index (χ1v) is 7.11. The fourth-order valence-electron chi connectivity index (χ4n) is 1.68. The molecule has 8 nitrogen and oxygen atoms in total. The van der Waals surface area contributed by atoms with Crippen LogP contribution in [-0.4, -0.2) is 57.9 Å². The van der Waals surface area contributed by atoms with E-state index in [9.17, 15) is 19.2 Å². The summed E-state index contributed by atoms with van der Waals surface area (Å²) in [5, 5.41) is 11.2. The first kappa shape index (κ1) is 16.3. The third-order valence-electron chi connectivity index (χ3n) is 2.77. The van der Waals surface area contributed by atoms with Gasteiger partial charge in [-0.1, -0.05) is 11.8 Å². The lowest BCUT2D eigenvalue weighted by Gasteiger charge is -2.16. The predicted octanol–water partition coefficient (Wildman–Crippen LogP) is -0.620. The van der Waals surface area contributed by atoms with Crippen LogP contribution in [0.5, 0.6) is 0 Å². The van der Waals surface area contributed by atoms with Gasteiger partial charge in [-0.05, 0) is 6.42 Å². The van der Waals surface area contributed by atoms with Crippen LogP contribution in [-0.2, 0) is 14.4 Å². The van der Waals surface area contributed by atoms with Gasteiger partial charge in [0, 0.05) is 31.7 Å². The van der Waals surface area contributed by atoms with Gasteiger partial charge in [0.2, 0.25) is 11.8 Å². The summed E-state index contributed by atoms with van der Waals surface area (Å²) in [5.74, 6) is -1.60. The third-order valence-corrected chi connectivity index (χ3v) is 3.66. The smallest absolute Gasteiger partial charge is 0.326 e. The van der Waals surface area contributed by atoms with Gasteiger partial charge in [0.1, 0.15) is 6.04 Å². The summed E-state index contributed by atoms with van der Waals surface area (Å²) in [6, 6.07) is -1.14. The van der Waals surface area contributed by atoms with Crippen molar-refractivity contribution in [3.05, 3.63) is 0 Å². The quantitative estimate of drug-likeness (QED) is 0.548. The molecule has 1 aliphatic rings. The number of nitrogens with one attached hydrogen (secondary N) is 1. The largest absolute Gasteiger partial charge is 0.480 e. The van der Waals surface area contributed by atoms with Crippen molar-refractivity contribution in [2.24, 2.45) is 5.73 Å². The van der Waals surface area contributed by atoms with Crippen LogP contribution in [0.1, 0.15) is 19.3 Å². The SMILES string of the molecule is NC(=O)CC[C@@H](NC(=O)CCN1CCSC1=O)C(=O)O. The van der Waals surface area contributed by atoms with Crippen LogP contribution in [0.25, 0.3) is 0 Å². The van der Waals surface area contributed by atoms with Crippen molar-refractivity contribution in [3.63, 3.8) is 0 Å². The summed E-state index contributed by atoms with van der Waals surface area (Å²) in [6.45, 7) is 0.862. The van der Waals surface area contributed by atoms with Crippen molar-refractivity contribution in [2.75, 3.05) is 18.8 Å². The lowest BCUT2D eigenvalue weighted by atomic mass is 10.1. The molecule has 20 heavy (non-hydrogen) atoms. The van der Waals surface area contributed by atoms with Crippen molar-refractivity contribution in [1.29, 1.82) is 0 Å². The molecule has 1 heterocycles. The number of carboxylic acids is 1. The van der Waals surface area contributed by atoms with Gasteiger partial charge in [-0.3, -0.25) is 14.4 Å². The second-order valence-electron chi connectivity index (χ2n) is 4.31. The summed E-state index contributed by atoms with van der Waals surface area (Å²) in [4.78, 5) is 46.0. The molecule has 1 fully saturated rings. The number of amides is 3. The number of hydrogen-bond donors (Lipinski definition) is 3. The summed E-state index contributed by atoms with van der Waals surface area (Å²) in [6.07, 6.45) is -0.125. The second kappa shape index (κ2) is 7.73. The average molecular weight is 303 g/mol. The highest BCUT2D eigenvalue weighted by molar-refractivity contribution is 8.13. The number of carbonyl (C=O) groups excluding carboxylic acids is 3. The topological polar surface area (TPSA) is 130 Å². The van der Waals surface area contributed by atoms with E-state index >= 15 is 0 Å². The Labute approximate surface area is 120 Å². The summed E-state index contributed by atoms with van der Waals surface area (Å²) in [5.41, 5.74) is 4.94. The first-order valence-electron chi connectivity index (χ1n) is 6.12. The van der Waals surface area contributed by atoms with E-state index in [1.807, 2.05) is 0 Å². The van der Waals surface area contributed by atoms with Gasteiger partial charge in [0.15, 0.2) is 0 Å². The van der Waals surface area contributed by atoms with Crippen molar-refractivity contribution < 1.29 is 24.3 Å². The second-order valence-corrected chi connectivity index (χ2v) is 5.36.